The van der Waals surface area contributed by atoms with Gasteiger partial charge in [-0.15, -0.1) is 0 Å². The monoisotopic (exact) mass is 437 g/mol. The van der Waals surface area contributed by atoms with Crippen LogP contribution in [0.15, 0.2) is 12.4 Å². The average molecular weight is 438 g/mol. The summed E-state index contributed by atoms with van der Waals surface area (Å²) in [6.45, 7) is 8.58. The average Bonchev–Trinajstić information content (AvgIpc) is 3.08. The fourth-order valence-electron chi connectivity index (χ4n) is 4.37. The molecule has 1 unspecified atom stereocenters. The molecule has 10 heteroatoms. The largest absolute Gasteiger partial charge is 0.343 e. The van der Waals surface area contributed by atoms with Crippen LogP contribution in [0.25, 0.3) is 11.0 Å². The first-order chi connectivity index (χ1) is 15.0. The van der Waals surface area contributed by atoms with E-state index in [2.05, 4.69) is 41.4 Å². The molecule has 0 radical (unpaired) electrons. The highest BCUT2D eigenvalue weighted by atomic mass is 16.2. The Kier molecular flexibility index (Phi) is 5.15. The molecule has 2 aliphatic rings. The molecule has 2 aromatic heterocycles. The van der Waals surface area contributed by atoms with Crippen LogP contribution in [-0.2, 0) is 16.0 Å². The summed E-state index contributed by atoms with van der Waals surface area (Å²) in [4.78, 5) is 48.2. The molecule has 2 aliphatic heterocycles. The summed E-state index contributed by atoms with van der Waals surface area (Å²) >= 11 is 0. The zero-order chi connectivity index (χ0) is 23.3. The van der Waals surface area contributed by atoms with E-state index >= 15 is 0 Å². The Hall–Kier alpha value is -3.48. The lowest BCUT2D eigenvalue weighted by Crippen LogP contribution is -2.71. The van der Waals surface area contributed by atoms with E-state index in [4.69, 9.17) is 0 Å². The number of piperidine rings is 1. The molecule has 2 aromatic rings. The first kappa shape index (κ1) is 21.7. The number of nitrogens with zero attached hydrogens (tertiary/aromatic N) is 5. The summed E-state index contributed by atoms with van der Waals surface area (Å²) < 4.78 is 1.52. The van der Waals surface area contributed by atoms with Crippen LogP contribution >= 0.6 is 0 Å². The van der Waals surface area contributed by atoms with Crippen LogP contribution in [0.4, 0.5) is 4.79 Å². The molecule has 0 aliphatic carbocycles. The molecule has 1 atom stereocenters. The maximum absolute atomic E-state index is 13.4. The van der Waals surface area contributed by atoms with Crippen molar-refractivity contribution in [2.24, 2.45) is 5.41 Å². The second-order valence-electron chi connectivity index (χ2n) is 9.84. The van der Waals surface area contributed by atoms with E-state index in [-0.39, 0.29) is 29.1 Å². The predicted molar refractivity (Wildman–Crippen MR) is 115 cm³/mol. The van der Waals surface area contributed by atoms with Crippen LogP contribution in [0.2, 0.25) is 0 Å². The number of nitrogens with one attached hydrogen (secondary N) is 2. The molecule has 168 valence electrons. The third kappa shape index (κ3) is 3.79. The van der Waals surface area contributed by atoms with Gasteiger partial charge in [0.1, 0.15) is 17.6 Å². The number of carbonyl (C=O) groups is 3. The minimum Gasteiger partial charge on any atom is -0.343 e. The van der Waals surface area contributed by atoms with Gasteiger partial charge in [-0.25, -0.2) is 14.8 Å². The van der Waals surface area contributed by atoms with Gasteiger partial charge in [0.25, 0.3) is 0 Å². The second kappa shape index (κ2) is 7.58. The van der Waals surface area contributed by atoms with Gasteiger partial charge in [-0.1, -0.05) is 20.8 Å². The van der Waals surface area contributed by atoms with E-state index < -0.39 is 11.6 Å². The zero-order valence-corrected chi connectivity index (χ0v) is 18.7. The molecule has 32 heavy (non-hydrogen) atoms. The Morgan fingerprint density at radius 3 is 2.62 bits per heavy atom. The van der Waals surface area contributed by atoms with Crippen LogP contribution in [0.1, 0.15) is 51.9 Å². The van der Waals surface area contributed by atoms with E-state index in [1.165, 1.54) is 10.8 Å². The highest BCUT2D eigenvalue weighted by Crippen LogP contribution is 2.29. The fraction of sp³-hybridized carbons (Fsp3) is 0.545. The summed E-state index contributed by atoms with van der Waals surface area (Å²) in [6.07, 6.45) is 4.64. The number of hydrogen-bond acceptors (Lipinski definition) is 6. The molecule has 2 saturated heterocycles. The molecule has 3 amide bonds. The number of carbonyl (C=O) groups excluding carboxylic acids is 3. The molecule has 2 fully saturated rings. The van der Waals surface area contributed by atoms with E-state index in [0.717, 1.165) is 5.56 Å². The molecule has 10 nitrogen and oxygen atoms in total. The van der Waals surface area contributed by atoms with Gasteiger partial charge in [0.15, 0.2) is 0 Å². The van der Waals surface area contributed by atoms with Gasteiger partial charge in [0.05, 0.1) is 17.2 Å². The van der Waals surface area contributed by atoms with Crippen molar-refractivity contribution in [1.29, 1.82) is 5.26 Å². The summed E-state index contributed by atoms with van der Waals surface area (Å²) in [5.74, 6) is -0.350. The number of amides is 3. The topological polar surface area (TPSA) is 133 Å². The summed E-state index contributed by atoms with van der Waals surface area (Å²) in [7, 11) is 0. The first-order valence-corrected chi connectivity index (χ1v) is 10.7. The summed E-state index contributed by atoms with van der Waals surface area (Å²) in [5.41, 5.74) is 1.01. The van der Waals surface area contributed by atoms with Gasteiger partial charge < -0.3 is 15.5 Å². The number of rotatable bonds is 1. The lowest BCUT2D eigenvalue weighted by molar-refractivity contribution is -0.143. The van der Waals surface area contributed by atoms with E-state index in [1.54, 1.807) is 18.0 Å². The van der Waals surface area contributed by atoms with Crippen molar-refractivity contribution in [3.63, 3.8) is 0 Å². The number of fused-ring (bicyclic) bond motifs is 1. The fourth-order valence-corrected chi connectivity index (χ4v) is 4.37. The summed E-state index contributed by atoms with van der Waals surface area (Å²) in [6, 6.07) is 1.16. The van der Waals surface area contributed by atoms with Crippen molar-refractivity contribution in [1.82, 2.24) is 30.1 Å². The number of hydrogen-bond donors (Lipinski definition) is 2. The van der Waals surface area contributed by atoms with Crippen LogP contribution in [0.3, 0.4) is 0 Å². The minimum absolute atomic E-state index is 0.0406. The van der Waals surface area contributed by atoms with Gasteiger partial charge in [-0.05, 0) is 37.2 Å². The first-order valence-electron chi connectivity index (χ1n) is 10.7. The molecule has 1 spiro atoms. The van der Waals surface area contributed by atoms with Crippen molar-refractivity contribution in [3.8, 4) is 6.07 Å². The molecule has 0 aromatic carbocycles. The Bertz CT molecular complexity index is 1150. The molecular formula is C22H27N7O3. The van der Waals surface area contributed by atoms with Gasteiger partial charge in [0, 0.05) is 19.3 Å². The minimum atomic E-state index is -0.971. The van der Waals surface area contributed by atoms with E-state index in [0.29, 0.717) is 43.4 Å². The highest BCUT2D eigenvalue weighted by molar-refractivity contribution is 6.00. The molecule has 0 saturated carbocycles. The number of likely N-dealkylation sites (tertiary alicyclic amines) is 1. The second-order valence-corrected chi connectivity index (χ2v) is 9.84. The number of nitriles is 1. The maximum atomic E-state index is 13.4. The molecule has 2 N–H and O–H groups in total. The number of aromatic nitrogens is 3. The van der Waals surface area contributed by atoms with Crippen molar-refractivity contribution in [3.05, 3.63) is 23.8 Å². The Labute approximate surface area is 186 Å². The van der Waals surface area contributed by atoms with Gasteiger partial charge in [0.2, 0.25) is 17.6 Å². The SMILES string of the molecule is CC1NC(=O)C2(CCN(C(=O)n3cc(CC(C)(C)C)c4nc(C#N)ncc43)CC2)NC1=O. The smallest absolute Gasteiger partial charge is 0.328 e. The normalized spacial score (nSPS) is 20.7. The lowest BCUT2D eigenvalue weighted by Gasteiger charge is -2.44. The van der Waals surface area contributed by atoms with Crippen LogP contribution in [0, 0.1) is 16.7 Å². The third-order valence-electron chi connectivity index (χ3n) is 6.07. The third-order valence-corrected chi connectivity index (χ3v) is 6.07. The standard InChI is InChI=1S/C22H27N7O3/c1-13-18(30)27-22(19(31)25-13)5-7-28(8-6-22)20(32)29-12-14(9-21(2,3)4)17-15(29)11-24-16(10-23)26-17/h11-13H,5-9H2,1-4H3,(H,25,31)(H,27,30). The van der Waals surface area contributed by atoms with Gasteiger partial charge in [-0.3, -0.25) is 14.2 Å². The Balaban J connectivity index is 1.60. The zero-order valence-electron chi connectivity index (χ0n) is 18.7. The maximum Gasteiger partial charge on any atom is 0.328 e. The molecule has 4 heterocycles. The van der Waals surface area contributed by atoms with Crippen molar-refractivity contribution in [2.75, 3.05) is 13.1 Å². The van der Waals surface area contributed by atoms with Gasteiger partial charge in [-0.2, -0.15) is 5.26 Å². The quantitative estimate of drug-likeness (QED) is 0.691. The van der Waals surface area contributed by atoms with Gasteiger partial charge >= 0.3 is 6.03 Å². The Morgan fingerprint density at radius 1 is 1.31 bits per heavy atom. The van der Waals surface area contributed by atoms with Crippen LogP contribution in [-0.4, -0.2) is 62.0 Å². The van der Waals surface area contributed by atoms with E-state index in [9.17, 15) is 19.6 Å². The van der Waals surface area contributed by atoms with Crippen molar-refractivity contribution >= 4 is 28.9 Å². The van der Waals surface area contributed by atoms with Crippen LogP contribution in [0.5, 0.6) is 0 Å². The Morgan fingerprint density at radius 2 is 2.00 bits per heavy atom. The van der Waals surface area contributed by atoms with E-state index in [1.807, 2.05) is 6.07 Å². The lowest BCUT2D eigenvalue weighted by atomic mass is 9.84. The van der Waals surface area contributed by atoms with Crippen LogP contribution < -0.4 is 10.6 Å². The molecular weight excluding hydrogens is 410 g/mol. The molecule has 4 rings (SSSR count). The number of piperazine rings is 1. The molecule has 0 bridgehead atoms. The summed E-state index contributed by atoms with van der Waals surface area (Å²) in [5, 5.41) is 14.8. The highest BCUT2D eigenvalue weighted by Gasteiger charge is 2.47. The van der Waals surface area contributed by atoms with Crippen molar-refractivity contribution < 1.29 is 14.4 Å². The van der Waals surface area contributed by atoms with Crippen molar-refractivity contribution in [2.45, 2.75) is 58.5 Å². The predicted octanol–water partition coefficient (Wildman–Crippen LogP) is 1.33.